The van der Waals surface area contributed by atoms with Crippen LogP contribution in [0.4, 0.5) is 5.13 Å². The van der Waals surface area contributed by atoms with Gasteiger partial charge in [0.15, 0.2) is 11.0 Å². The number of benzene rings is 1. The van der Waals surface area contributed by atoms with Crippen molar-refractivity contribution in [2.45, 2.75) is 36.9 Å². The van der Waals surface area contributed by atoms with Gasteiger partial charge in [-0.15, -0.1) is 20.4 Å². The van der Waals surface area contributed by atoms with E-state index < -0.39 is 10.0 Å². The molecule has 3 aromatic rings. The first kappa shape index (κ1) is 25.7. The number of aromatic nitrogens is 5. The van der Waals surface area contributed by atoms with Crippen LogP contribution in [0.2, 0.25) is 0 Å². The fraction of sp³-hybridized carbons (Fsp3) is 0.476. The van der Waals surface area contributed by atoms with Gasteiger partial charge < -0.3 is 9.47 Å². The van der Waals surface area contributed by atoms with Gasteiger partial charge in [-0.3, -0.25) is 10.1 Å². The first-order valence-electron chi connectivity index (χ1n) is 11.3. The van der Waals surface area contributed by atoms with Gasteiger partial charge in [0.25, 0.3) is 0 Å². The van der Waals surface area contributed by atoms with Crippen LogP contribution in [-0.4, -0.2) is 87.5 Å². The first-order chi connectivity index (χ1) is 16.8. The van der Waals surface area contributed by atoms with E-state index in [-0.39, 0.29) is 16.6 Å². The third-order valence-electron chi connectivity index (χ3n) is 5.59. The third kappa shape index (κ3) is 5.89. The topological polar surface area (TPSA) is 126 Å². The number of sulfonamides is 1. The third-order valence-corrected chi connectivity index (χ3v) is 9.46. The Hall–Kier alpha value is -2.39. The number of piperazine rings is 1. The number of rotatable bonds is 9. The van der Waals surface area contributed by atoms with Gasteiger partial charge in [0.05, 0.1) is 10.6 Å². The molecular weight excluding hydrogens is 508 g/mol. The number of carbonyl (C=O) groups is 1. The number of likely N-dealkylation sites (N-methyl/N-ethyl adjacent to an activating group) is 1. The standard InChI is InChI=1S/C21H28N8O3S3/c1-4-18-23-25-20(34-18)22-17(30)14-33-21-26-24-19(29(21)5-2)15-6-8-16(9-7-15)35(31,32)28-12-10-27(3)11-13-28/h6-9H,4-5,10-14H2,1-3H3,(H,22,25,30). The number of nitrogens with one attached hydrogen (secondary N) is 1. The van der Waals surface area contributed by atoms with Crippen molar-refractivity contribution in [3.63, 3.8) is 0 Å². The minimum Gasteiger partial charge on any atom is -0.304 e. The van der Waals surface area contributed by atoms with Crippen molar-refractivity contribution in [3.05, 3.63) is 29.3 Å². The van der Waals surface area contributed by atoms with Gasteiger partial charge in [0.2, 0.25) is 21.1 Å². The van der Waals surface area contributed by atoms with Gasteiger partial charge in [0.1, 0.15) is 5.01 Å². The normalized spacial score (nSPS) is 15.4. The number of hydrogen-bond donors (Lipinski definition) is 1. The molecule has 1 amide bonds. The Bertz CT molecular complexity index is 1270. The van der Waals surface area contributed by atoms with Crippen molar-refractivity contribution in [1.82, 2.24) is 34.2 Å². The van der Waals surface area contributed by atoms with E-state index >= 15 is 0 Å². The smallest absolute Gasteiger partial charge is 0.243 e. The monoisotopic (exact) mass is 536 g/mol. The Morgan fingerprint density at radius 3 is 2.40 bits per heavy atom. The lowest BCUT2D eigenvalue weighted by Crippen LogP contribution is -2.46. The second-order valence-corrected chi connectivity index (χ2v) is 11.9. The molecule has 35 heavy (non-hydrogen) atoms. The van der Waals surface area contributed by atoms with E-state index in [1.165, 1.54) is 27.4 Å². The molecular formula is C21H28N8O3S3. The van der Waals surface area contributed by atoms with Crippen molar-refractivity contribution in [2.75, 3.05) is 44.3 Å². The molecule has 1 aliphatic heterocycles. The molecule has 0 unspecified atom stereocenters. The summed E-state index contributed by atoms with van der Waals surface area (Å²) in [6.45, 7) is 6.96. The average molecular weight is 537 g/mol. The maximum atomic E-state index is 13.0. The average Bonchev–Trinajstić information content (AvgIpc) is 3.49. The van der Waals surface area contributed by atoms with E-state index in [4.69, 9.17) is 0 Å². The Kier molecular flexibility index (Phi) is 8.16. The number of amides is 1. The molecule has 1 saturated heterocycles. The fourth-order valence-electron chi connectivity index (χ4n) is 3.58. The zero-order valence-corrected chi connectivity index (χ0v) is 22.3. The van der Waals surface area contributed by atoms with Gasteiger partial charge in [-0.25, -0.2) is 8.42 Å². The van der Waals surface area contributed by atoms with Gasteiger partial charge in [0, 0.05) is 38.3 Å². The second-order valence-electron chi connectivity index (χ2n) is 7.97. The molecule has 1 aromatic carbocycles. The van der Waals surface area contributed by atoms with Crippen LogP contribution in [0, 0.1) is 0 Å². The van der Waals surface area contributed by atoms with Crippen molar-refractivity contribution < 1.29 is 13.2 Å². The molecule has 188 valence electrons. The summed E-state index contributed by atoms with van der Waals surface area (Å²) in [5, 5.41) is 21.2. The Morgan fingerprint density at radius 1 is 1.06 bits per heavy atom. The highest BCUT2D eigenvalue weighted by atomic mass is 32.2. The van der Waals surface area contributed by atoms with Crippen LogP contribution in [-0.2, 0) is 27.8 Å². The molecule has 11 nitrogen and oxygen atoms in total. The molecule has 3 heterocycles. The first-order valence-corrected chi connectivity index (χ1v) is 14.5. The van der Waals surface area contributed by atoms with Gasteiger partial charge in [-0.1, -0.05) is 30.0 Å². The van der Waals surface area contributed by atoms with Crippen molar-refractivity contribution in [1.29, 1.82) is 0 Å². The fourth-order valence-corrected chi connectivity index (χ4v) is 6.50. The summed E-state index contributed by atoms with van der Waals surface area (Å²) in [4.78, 5) is 14.7. The number of anilines is 1. The van der Waals surface area contributed by atoms with E-state index in [1.54, 1.807) is 24.3 Å². The highest BCUT2D eigenvalue weighted by Crippen LogP contribution is 2.26. The summed E-state index contributed by atoms with van der Waals surface area (Å²) in [6, 6.07) is 6.73. The predicted molar refractivity (Wildman–Crippen MR) is 136 cm³/mol. The summed E-state index contributed by atoms with van der Waals surface area (Å²) in [5.41, 5.74) is 0.758. The lowest BCUT2D eigenvalue weighted by atomic mass is 10.2. The Morgan fingerprint density at radius 2 is 1.77 bits per heavy atom. The minimum atomic E-state index is -3.53. The van der Waals surface area contributed by atoms with E-state index in [9.17, 15) is 13.2 Å². The van der Waals surface area contributed by atoms with E-state index in [1.807, 2.05) is 25.5 Å². The molecule has 0 aliphatic carbocycles. The number of carbonyl (C=O) groups excluding carboxylic acids is 1. The Labute approximate surface area is 213 Å². The molecule has 1 N–H and O–H groups in total. The quantitative estimate of drug-likeness (QED) is 0.409. The lowest BCUT2D eigenvalue weighted by molar-refractivity contribution is -0.113. The molecule has 1 fully saturated rings. The number of hydrogen-bond acceptors (Lipinski definition) is 10. The molecule has 2 aromatic heterocycles. The van der Waals surface area contributed by atoms with Crippen molar-refractivity contribution in [2.24, 2.45) is 0 Å². The number of aryl methyl sites for hydroxylation is 1. The molecule has 0 atom stereocenters. The molecule has 1 aliphatic rings. The largest absolute Gasteiger partial charge is 0.304 e. The summed E-state index contributed by atoms with van der Waals surface area (Å²) in [5.74, 6) is 0.580. The van der Waals surface area contributed by atoms with Crippen molar-refractivity contribution in [3.8, 4) is 11.4 Å². The highest BCUT2D eigenvalue weighted by molar-refractivity contribution is 7.99. The summed E-state index contributed by atoms with van der Waals surface area (Å²) < 4.78 is 29.4. The van der Waals surface area contributed by atoms with Crippen LogP contribution in [0.3, 0.4) is 0 Å². The molecule has 4 rings (SSSR count). The molecule has 0 spiro atoms. The van der Waals surface area contributed by atoms with Crippen LogP contribution >= 0.6 is 23.1 Å². The number of thioether (sulfide) groups is 1. The van der Waals surface area contributed by atoms with Crippen LogP contribution in [0.5, 0.6) is 0 Å². The van der Waals surface area contributed by atoms with E-state index in [2.05, 4.69) is 30.6 Å². The van der Waals surface area contributed by atoms with Crippen molar-refractivity contribution >= 4 is 44.2 Å². The van der Waals surface area contributed by atoms with E-state index in [0.29, 0.717) is 35.7 Å². The predicted octanol–water partition coefficient (Wildman–Crippen LogP) is 2.05. The van der Waals surface area contributed by atoms with Gasteiger partial charge >= 0.3 is 0 Å². The van der Waals surface area contributed by atoms with E-state index in [0.717, 1.165) is 30.1 Å². The summed E-state index contributed by atoms with van der Waals surface area (Å²) >= 11 is 2.64. The molecule has 0 radical (unpaired) electrons. The number of nitrogens with zero attached hydrogens (tertiary/aromatic N) is 7. The summed E-state index contributed by atoms with van der Waals surface area (Å²) in [7, 11) is -1.54. The summed E-state index contributed by atoms with van der Waals surface area (Å²) in [6.07, 6.45) is 0.771. The molecule has 0 saturated carbocycles. The molecule has 14 heteroatoms. The van der Waals surface area contributed by atoms with Crippen LogP contribution in [0.15, 0.2) is 34.3 Å². The molecule has 0 bridgehead atoms. The Balaban J connectivity index is 1.43. The maximum absolute atomic E-state index is 13.0. The zero-order valence-electron chi connectivity index (χ0n) is 19.8. The van der Waals surface area contributed by atoms with Crippen LogP contribution in [0.1, 0.15) is 18.9 Å². The second kappa shape index (κ2) is 11.1. The zero-order chi connectivity index (χ0) is 25.0. The van der Waals surface area contributed by atoms with Crippen LogP contribution < -0.4 is 5.32 Å². The minimum absolute atomic E-state index is 0.154. The van der Waals surface area contributed by atoms with Gasteiger partial charge in [-0.05, 0) is 44.7 Å². The van der Waals surface area contributed by atoms with Crippen LogP contribution in [0.25, 0.3) is 11.4 Å². The van der Waals surface area contributed by atoms with Gasteiger partial charge in [-0.2, -0.15) is 4.31 Å². The maximum Gasteiger partial charge on any atom is 0.243 e. The lowest BCUT2D eigenvalue weighted by Gasteiger charge is -2.31. The SMILES string of the molecule is CCc1nnc(NC(=O)CSc2nnc(-c3ccc(S(=O)(=O)N4CCN(C)CC4)cc3)n2CC)s1. The highest BCUT2D eigenvalue weighted by Gasteiger charge is 2.27.